The molecule has 1 aliphatic rings. The molecule has 0 aromatic heterocycles. The molecule has 0 radical (unpaired) electrons. The van der Waals surface area contributed by atoms with E-state index in [0.717, 1.165) is 12.8 Å². The fraction of sp³-hybridized carbons (Fsp3) is 0.538. The number of hydrogen-bond acceptors (Lipinski definition) is 2. The monoisotopic (exact) mass is 205 g/mol. The maximum absolute atomic E-state index is 9.04. The van der Waals surface area contributed by atoms with Gasteiger partial charge in [-0.05, 0) is 37.8 Å². The molecule has 1 aliphatic carbocycles. The molecule has 1 aromatic rings. The second kappa shape index (κ2) is 4.33. The molecule has 82 valence electrons. The van der Waals surface area contributed by atoms with Crippen molar-refractivity contribution in [1.82, 2.24) is 5.32 Å². The van der Waals surface area contributed by atoms with Crippen molar-refractivity contribution in [2.75, 3.05) is 6.61 Å². The van der Waals surface area contributed by atoms with Gasteiger partial charge >= 0.3 is 0 Å². The molecule has 0 aliphatic heterocycles. The lowest BCUT2D eigenvalue weighted by Crippen LogP contribution is -2.32. The quantitative estimate of drug-likeness (QED) is 0.790. The van der Waals surface area contributed by atoms with Crippen LogP contribution in [0.1, 0.15) is 36.1 Å². The third-order valence-corrected chi connectivity index (χ3v) is 3.14. The lowest BCUT2D eigenvalue weighted by atomic mass is 10.0. The van der Waals surface area contributed by atoms with Gasteiger partial charge in [0.2, 0.25) is 0 Å². The van der Waals surface area contributed by atoms with E-state index in [9.17, 15) is 0 Å². The fourth-order valence-electron chi connectivity index (χ4n) is 2.29. The first kappa shape index (κ1) is 10.7. The van der Waals surface area contributed by atoms with Crippen LogP contribution in [-0.2, 0) is 6.42 Å². The number of aliphatic hydroxyl groups is 1. The molecule has 2 heteroatoms. The van der Waals surface area contributed by atoms with Crippen LogP contribution < -0.4 is 5.32 Å². The van der Waals surface area contributed by atoms with Crippen molar-refractivity contribution in [1.29, 1.82) is 0 Å². The van der Waals surface area contributed by atoms with E-state index in [0.29, 0.717) is 6.04 Å². The van der Waals surface area contributed by atoms with Gasteiger partial charge in [-0.2, -0.15) is 0 Å². The van der Waals surface area contributed by atoms with Crippen molar-refractivity contribution < 1.29 is 5.11 Å². The molecule has 0 spiro atoms. The molecule has 0 heterocycles. The predicted octanol–water partition coefficient (Wildman–Crippen LogP) is 1.95. The minimum Gasteiger partial charge on any atom is -0.395 e. The Morgan fingerprint density at radius 3 is 3.07 bits per heavy atom. The molecule has 2 rings (SSSR count). The van der Waals surface area contributed by atoms with Crippen molar-refractivity contribution in [3.8, 4) is 0 Å². The molecule has 2 atom stereocenters. The second-order valence-corrected chi connectivity index (χ2v) is 4.54. The van der Waals surface area contributed by atoms with Crippen molar-refractivity contribution in [2.45, 2.75) is 38.8 Å². The molecule has 2 nitrogen and oxygen atoms in total. The van der Waals surface area contributed by atoms with Gasteiger partial charge in [-0.15, -0.1) is 0 Å². The molecular weight excluding hydrogens is 186 g/mol. The van der Waals surface area contributed by atoms with E-state index in [-0.39, 0.29) is 12.6 Å². The third kappa shape index (κ3) is 2.21. The minimum absolute atomic E-state index is 0.182. The maximum Gasteiger partial charge on any atom is 0.0582 e. The van der Waals surface area contributed by atoms with Crippen molar-refractivity contribution in [3.05, 3.63) is 34.9 Å². The van der Waals surface area contributed by atoms with Crippen molar-refractivity contribution in [2.24, 2.45) is 0 Å². The largest absolute Gasteiger partial charge is 0.395 e. The standard InChI is InChI=1S/C13H19NO/c1-9-3-4-11-5-6-13(12(11)7-9)14-10(2)8-15/h3-4,7,10,13-15H,5-6,8H2,1-2H3. The van der Waals surface area contributed by atoms with Crippen molar-refractivity contribution in [3.63, 3.8) is 0 Å². The van der Waals surface area contributed by atoms with Crippen LogP contribution in [0.2, 0.25) is 0 Å². The van der Waals surface area contributed by atoms with Crippen LogP contribution in [0.5, 0.6) is 0 Å². The smallest absolute Gasteiger partial charge is 0.0582 e. The number of aryl methyl sites for hydroxylation is 2. The van der Waals surface area contributed by atoms with Gasteiger partial charge in [0, 0.05) is 12.1 Å². The highest BCUT2D eigenvalue weighted by Crippen LogP contribution is 2.31. The van der Waals surface area contributed by atoms with Crippen LogP contribution in [0.25, 0.3) is 0 Å². The van der Waals surface area contributed by atoms with Crippen LogP contribution in [0.15, 0.2) is 18.2 Å². The zero-order valence-electron chi connectivity index (χ0n) is 9.46. The van der Waals surface area contributed by atoms with Gasteiger partial charge in [-0.3, -0.25) is 0 Å². The van der Waals surface area contributed by atoms with Gasteiger partial charge in [-0.25, -0.2) is 0 Å². The van der Waals surface area contributed by atoms with Crippen LogP contribution in [0.3, 0.4) is 0 Å². The van der Waals surface area contributed by atoms with E-state index in [2.05, 4.69) is 30.4 Å². The van der Waals surface area contributed by atoms with E-state index in [1.807, 2.05) is 6.92 Å². The Labute approximate surface area is 91.3 Å². The zero-order valence-corrected chi connectivity index (χ0v) is 9.46. The summed E-state index contributed by atoms with van der Waals surface area (Å²) in [6.45, 7) is 4.36. The molecule has 0 amide bonds. The summed E-state index contributed by atoms with van der Waals surface area (Å²) in [6.07, 6.45) is 2.31. The van der Waals surface area contributed by atoms with Crippen molar-refractivity contribution >= 4 is 0 Å². The SMILES string of the molecule is Cc1ccc2c(c1)C(NC(C)CO)CC2. The lowest BCUT2D eigenvalue weighted by Gasteiger charge is -2.18. The highest BCUT2D eigenvalue weighted by atomic mass is 16.3. The topological polar surface area (TPSA) is 32.3 Å². The normalized spacial score (nSPS) is 21.4. The van der Waals surface area contributed by atoms with Gasteiger partial charge in [0.05, 0.1) is 6.61 Å². The summed E-state index contributed by atoms with van der Waals surface area (Å²) in [6, 6.07) is 7.29. The Kier molecular flexibility index (Phi) is 3.08. The van der Waals surface area contributed by atoms with E-state index in [1.54, 1.807) is 0 Å². The summed E-state index contributed by atoms with van der Waals surface area (Å²) in [5, 5.41) is 12.5. The number of rotatable bonds is 3. The predicted molar refractivity (Wildman–Crippen MR) is 61.9 cm³/mol. The Balaban J connectivity index is 2.16. The van der Waals surface area contributed by atoms with Gasteiger partial charge in [-0.1, -0.05) is 23.8 Å². The number of aliphatic hydroxyl groups excluding tert-OH is 1. The number of nitrogens with one attached hydrogen (secondary N) is 1. The molecule has 2 N–H and O–H groups in total. The average Bonchev–Trinajstić information content (AvgIpc) is 2.61. The van der Waals surface area contributed by atoms with E-state index >= 15 is 0 Å². The first-order valence-electron chi connectivity index (χ1n) is 5.67. The Bertz CT molecular complexity index is 348. The number of fused-ring (bicyclic) bond motifs is 1. The summed E-state index contributed by atoms with van der Waals surface area (Å²) in [4.78, 5) is 0. The maximum atomic E-state index is 9.04. The Morgan fingerprint density at radius 2 is 2.33 bits per heavy atom. The minimum atomic E-state index is 0.182. The number of benzene rings is 1. The highest BCUT2D eigenvalue weighted by molar-refractivity contribution is 5.37. The highest BCUT2D eigenvalue weighted by Gasteiger charge is 2.22. The van der Waals surface area contributed by atoms with Crippen LogP contribution >= 0.6 is 0 Å². The van der Waals surface area contributed by atoms with Gasteiger partial charge in [0.15, 0.2) is 0 Å². The molecular formula is C13H19NO. The second-order valence-electron chi connectivity index (χ2n) is 4.54. The molecule has 0 saturated heterocycles. The Hall–Kier alpha value is -0.860. The summed E-state index contributed by atoms with van der Waals surface area (Å²) >= 11 is 0. The summed E-state index contributed by atoms with van der Waals surface area (Å²) in [5.41, 5.74) is 4.21. The molecule has 1 aromatic carbocycles. The van der Waals surface area contributed by atoms with Gasteiger partial charge in [0.25, 0.3) is 0 Å². The number of hydrogen-bond donors (Lipinski definition) is 2. The summed E-state index contributed by atoms with van der Waals surface area (Å²) in [5.74, 6) is 0. The zero-order chi connectivity index (χ0) is 10.8. The first-order valence-corrected chi connectivity index (χ1v) is 5.67. The third-order valence-electron chi connectivity index (χ3n) is 3.14. The van der Waals surface area contributed by atoms with Gasteiger partial charge < -0.3 is 10.4 Å². The first-order chi connectivity index (χ1) is 7.20. The summed E-state index contributed by atoms with van der Waals surface area (Å²) in [7, 11) is 0. The molecule has 0 saturated carbocycles. The van der Waals surface area contributed by atoms with Crippen LogP contribution in [-0.4, -0.2) is 17.8 Å². The molecule has 0 fully saturated rings. The van der Waals surface area contributed by atoms with E-state index in [4.69, 9.17) is 5.11 Å². The van der Waals surface area contributed by atoms with Crippen LogP contribution in [0, 0.1) is 6.92 Å². The average molecular weight is 205 g/mol. The lowest BCUT2D eigenvalue weighted by molar-refractivity contribution is 0.240. The molecule has 0 bridgehead atoms. The molecule has 2 unspecified atom stereocenters. The summed E-state index contributed by atoms with van der Waals surface area (Å²) < 4.78 is 0. The van der Waals surface area contributed by atoms with E-state index in [1.165, 1.54) is 16.7 Å². The Morgan fingerprint density at radius 1 is 1.53 bits per heavy atom. The van der Waals surface area contributed by atoms with Gasteiger partial charge in [0.1, 0.15) is 0 Å². The van der Waals surface area contributed by atoms with E-state index < -0.39 is 0 Å². The fourth-order valence-corrected chi connectivity index (χ4v) is 2.29. The molecule has 15 heavy (non-hydrogen) atoms. The van der Waals surface area contributed by atoms with Crippen LogP contribution in [0.4, 0.5) is 0 Å².